The third-order valence-electron chi connectivity index (χ3n) is 6.37. The van der Waals surface area contributed by atoms with Gasteiger partial charge in [-0.25, -0.2) is 4.98 Å². The molecule has 0 aromatic carbocycles. The summed E-state index contributed by atoms with van der Waals surface area (Å²) in [4.78, 5) is 32.5. The summed E-state index contributed by atoms with van der Waals surface area (Å²) in [6, 6.07) is 5.72. The SMILES string of the molecule is CCOC(=O)C(Cc1cccc(N(C)C)n1)C(=O)C1CCC(C2C=CC=CC2)CC1. The van der Waals surface area contributed by atoms with Crippen LogP contribution in [0.5, 0.6) is 0 Å². The summed E-state index contributed by atoms with van der Waals surface area (Å²) in [5.74, 6) is 0.826. The lowest BCUT2D eigenvalue weighted by molar-refractivity contribution is -0.153. The molecule has 30 heavy (non-hydrogen) atoms. The second-order valence-electron chi connectivity index (χ2n) is 8.62. The van der Waals surface area contributed by atoms with Crippen LogP contribution >= 0.6 is 0 Å². The van der Waals surface area contributed by atoms with Gasteiger partial charge in [-0.2, -0.15) is 0 Å². The Morgan fingerprint density at radius 3 is 2.57 bits per heavy atom. The molecule has 0 amide bonds. The van der Waals surface area contributed by atoms with Gasteiger partial charge in [0.2, 0.25) is 0 Å². The van der Waals surface area contributed by atoms with Crippen LogP contribution in [0.25, 0.3) is 0 Å². The van der Waals surface area contributed by atoms with Gasteiger partial charge < -0.3 is 9.64 Å². The van der Waals surface area contributed by atoms with Crippen LogP contribution < -0.4 is 4.90 Å². The Balaban J connectivity index is 1.67. The van der Waals surface area contributed by atoms with E-state index in [9.17, 15) is 9.59 Å². The average molecular weight is 411 g/mol. The number of carbonyl (C=O) groups excluding carboxylic acids is 2. The molecular weight excluding hydrogens is 376 g/mol. The predicted octanol–water partition coefficient (Wildman–Crippen LogP) is 4.38. The highest BCUT2D eigenvalue weighted by Crippen LogP contribution is 2.38. The summed E-state index contributed by atoms with van der Waals surface area (Å²) in [6.45, 7) is 2.06. The van der Waals surface area contributed by atoms with Crippen LogP contribution in [-0.4, -0.2) is 37.4 Å². The predicted molar refractivity (Wildman–Crippen MR) is 119 cm³/mol. The molecule has 1 saturated carbocycles. The lowest BCUT2D eigenvalue weighted by Crippen LogP contribution is -2.35. The van der Waals surface area contributed by atoms with Crippen molar-refractivity contribution in [2.45, 2.75) is 45.4 Å². The van der Waals surface area contributed by atoms with E-state index >= 15 is 0 Å². The first-order valence-electron chi connectivity index (χ1n) is 11.2. The maximum atomic E-state index is 13.4. The molecule has 1 heterocycles. The van der Waals surface area contributed by atoms with E-state index in [1.165, 1.54) is 0 Å². The number of Topliss-reactive ketones (excluding diaryl/α,β-unsaturated/α-hetero) is 1. The maximum Gasteiger partial charge on any atom is 0.316 e. The molecular formula is C25H34N2O3. The van der Waals surface area contributed by atoms with Gasteiger partial charge in [-0.3, -0.25) is 9.59 Å². The van der Waals surface area contributed by atoms with E-state index in [1.807, 2.05) is 37.2 Å². The highest BCUT2D eigenvalue weighted by Gasteiger charge is 2.37. The van der Waals surface area contributed by atoms with Crippen molar-refractivity contribution in [1.29, 1.82) is 0 Å². The van der Waals surface area contributed by atoms with E-state index in [-0.39, 0.29) is 18.3 Å². The molecule has 5 heteroatoms. The summed E-state index contributed by atoms with van der Waals surface area (Å²) in [5.41, 5.74) is 0.750. The molecule has 1 aromatic heterocycles. The number of anilines is 1. The van der Waals surface area contributed by atoms with Crippen LogP contribution in [0.3, 0.4) is 0 Å². The zero-order valence-corrected chi connectivity index (χ0v) is 18.4. The fourth-order valence-corrected chi connectivity index (χ4v) is 4.65. The van der Waals surface area contributed by atoms with Gasteiger partial charge in [0.15, 0.2) is 5.78 Å². The highest BCUT2D eigenvalue weighted by atomic mass is 16.5. The second-order valence-corrected chi connectivity index (χ2v) is 8.62. The number of nitrogens with zero attached hydrogens (tertiary/aromatic N) is 2. The monoisotopic (exact) mass is 410 g/mol. The number of pyridine rings is 1. The first kappa shape index (κ1) is 22.3. The number of rotatable bonds is 8. The minimum Gasteiger partial charge on any atom is -0.465 e. The van der Waals surface area contributed by atoms with E-state index in [1.54, 1.807) is 6.92 Å². The molecule has 2 unspecified atom stereocenters. The van der Waals surface area contributed by atoms with Crippen molar-refractivity contribution in [2.75, 3.05) is 25.6 Å². The van der Waals surface area contributed by atoms with Crippen molar-refractivity contribution in [3.8, 4) is 0 Å². The van der Waals surface area contributed by atoms with Gasteiger partial charge >= 0.3 is 5.97 Å². The Labute approximate surface area is 180 Å². The third-order valence-corrected chi connectivity index (χ3v) is 6.37. The fourth-order valence-electron chi connectivity index (χ4n) is 4.65. The van der Waals surface area contributed by atoms with Crippen LogP contribution in [0, 0.1) is 23.7 Å². The van der Waals surface area contributed by atoms with Crippen molar-refractivity contribution in [2.24, 2.45) is 23.7 Å². The van der Waals surface area contributed by atoms with E-state index in [4.69, 9.17) is 4.74 Å². The smallest absolute Gasteiger partial charge is 0.316 e. The number of aromatic nitrogens is 1. The van der Waals surface area contributed by atoms with E-state index in [2.05, 4.69) is 29.3 Å². The molecule has 0 radical (unpaired) electrons. The normalized spacial score (nSPS) is 24.3. The maximum absolute atomic E-state index is 13.4. The Morgan fingerprint density at radius 1 is 1.17 bits per heavy atom. The number of esters is 1. The Morgan fingerprint density at radius 2 is 1.93 bits per heavy atom. The number of carbonyl (C=O) groups is 2. The molecule has 0 N–H and O–H groups in total. The summed E-state index contributed by atoms with van der Waals surface area (Å²) in [6.07, 6.45) is 14.0. The van der Waals surface area contributed by atoms with Gasteiger partial charge in [0.05, 0.1) is 6.61 Å². The largest absolute Gasteiger partial charge is 0.465 e. The number of allylic oxidation sites excluding steroid dienone is 4. The molecule has 162 valence electrons. The van der Waals surface area contributed by atoms with Crippen molar-refractivity contribution in [3.63, 3.8) is 0 Å². The summed E-state index contributed by atoms with van der Waals surface area (Å²) in [5, 5.41) is 0. The number of hydrogen-bond acceptors (Lipinski definition) is 5. The van der Waals surface area contributed by atoms with Crippen LogP contribution in [0.15, 0.2) is 42.5 Å². The number of hydrogen-bond donors (Lipinski definition) is 0. The minimum atomic E-state index is -0.770. The van der Waals surface area contributed by atoms with Crippen molar-refractivity contribution >= 4 is 17.6 Å². The Kier molecular flexibility index (Phi) is 7.83. The van der Waals surface area contributed by atoms with E-state index < -0.39 is 11.9 Å². The average Bonchev–Trinajstić information content (AvgIpc) is 2.78. The molecule has 3 rings (SSSR count). The first-order valence-corrected chi connectivity index (χ1v) is 11.2. The second kappa shape index (κ2) is 10.6. The number of ketones is 1. The van der Waals surface area contributed by atoms with Gasteiger partial charge in [0, 0.05) is 32.1 Å². The molecule has 2 aliphatic rings. The van der Waals surface area contributed by atoms with Crippen molar-refractivity contribution in [1.82, 2.24) is 4.98 Å². The molecule has 2 atom stereocenters. The first-order chi connectivity index (χ1) is 14.5. The molecule has 5 nitrogen and oxygen atoms in total. The lowest BCUT2D eigenvalue weighted by Gasteiger charge is -2.33. The Hall–Kier alpha value is -2.43. The highest BCUT2D eigenvalue weighted by molar-refractivity contribution is 6.00. The third kappa shape index (κ3) is 5.59. The van der Waals surface area contributed by atoms with E-state index in [0.29, 0.717) is 18.3 Å². The molecule has 1 fully saturated rings. The van der Waals surface area contributed by atoms with Crippen LogP contribution in [0.2, 0.25) is 0 Å². The van der Waals surface area contributed by atoms with Gasteiger partial charge in [-0.15, -0.1) is 0 Å². The quantitative estimate of drug-likeness (QED) is 0.470. The van der Waals surface area contributed by atoms with Gasteiger partial charge in [0.1, 0.15) is 11.7 Å². The molecule has 0 saturated heterocycles. The van der Waals surface area contributed by atoms with Gasteiger partial charge in [-0.05, 0) is 63.0 Å². The summed E-state index contributed by atoms with van der Waals surface area (Å²) >= 11 is 0. The number of ether oxygens (including phenoxy) is 1. The van der Waals surface area contributed by atoms with Crippen molar-refractivity contribution < 1.29 is 14.3 Å². The zero-order chi connectivity index (χ0) is 21.5. The van der Waals surface area contributed by atoms with Crippen LogP contribution in [-0.2, 0) is 20.7 Å². The minimum absolute atomic E-state index is 0.0306. The standard InChI is InChI=1S/C25H34N2O3/c1-4-30-25(29)22(17-21-11-8-12-23(26-21)27(2)3)24(28)20-15-13-19(14-16-20)18-9-6-5-7-10-18/h5-9,11-12,18-20,22H,4,10,13-17H2,1-3H3. The summed E-state index contributed by atoms with van der Waals surface area (Å²) < 4.78 is 5.27. The lowest BCUT2D eigenvalue weighted by atomic mass is 9.71. The molecule has 0 spiro atoms. The topological polar surface area (TPSA) is 59.5 Å². The fraction of sp³-hybridized carbons (Fsp3) is 0.560. The van der Waals surface area contributed by atoms with Crippen LogP contribution in [0.4, 0.5) is 5.82 Å². The zero-order valence-electron chi connectivity index (χ0n) is 18.4. The molecule has 1 aromatic rings. The Bertz CT molecular complexity index is 791. The van der Waals surface area contributed by atoms with Gasteiger partial charge in [-0.1, -0.05) is 30.4 Å². The van der Waals surface area contributed by atoms with Gasteiger partial charge in [0.25, 0.3) is 0 Å². The molecule has 0 aliphatic heterocycles. The molecule has 2 aliphatic carbocycles. The van der Waals surface area contributed by atoms with Crippen molar-refractivity contribution in [3.05, 3.63) is 48.2 Å². The van der Waals surface area contributed by atoms with Crippen LogP contribution in [0.1, 0.15) is 44.7 Å². The van der Waals surface area contributed by atoms with E-state index in [0.717, 1.165) is 43.6 Å². The summed E-state index contributed by atoms with van der Waals surface area (Å²) in [7, 11) is 3.85. The molecule has 0 bridgehead atoms.